The van der Waals surface area contributed by atoms with Crippen molar-refractivity contribution in [1.82, 2.24) is 10.2 Å². The molecule has 1 aromatic rings. The Morgan fingerprint density at radius 1 is 1.47 bits per heavy atom. The van der Waals surface area contributed by atoms with Crippen molar-refractivity contribution < 1.29 is 4.39 Å². The Labute approximate surface area is 122 Å². The number of piperazine rings is 1. The predicted octanol–water partition coefficient (Wildman–Crippen LogP) is 3.50. The molecule has 1 fully saturated rings. The maximum atomic E-state index is 13.4. The Hall–Kier alpha value is -0.710. The van der Waals surface area contributed by atoms with Gasteiger partial charge in [-0.15, -0.1) is 6.58 Å². The van der Waals surface area contributed by atoms with Crippen LogP contribution in [-0.4, -0.2) is 31.1 Å². The van der Waals surface area contributed by atoms with E-state index < -0.39 is 0 Å². The third-order valence-electron chi connectivity index (χ3n) is 3.46. The molecule has 0 unspecified atom stereocenters. The number of rotatable bonds is 4. The predicted molar refractivity (Wildman–Crippen MR) is 80.7 cm³/mol. The lowest BCUT2D eigenvalue weighted by molar-refractivity contribution is 0.172. The minimum Gasteiger partial charge on any atom is -0.314 e. The topological polar surface area (TPSA) is 15.3 Å². The Kier molecular flexibility index (Phi) is 5.13. The minimum atomic E-state index is -0.210. The van der Waals surface area contributed by atoms with Gasteiger partial charge in [0.1, 0.15) is 5.82 Å². The quantitative estimate of drug-likeness (QED) is 0.852. The number of hydrogen-bond acceptors (Lipinski definition) is 2. The van der Waals surface area contributed by atoms with Gasteiger partial charge in [0.15, 0.2) is 0 Å². The zero-order valence-electron chi connectivity index (χ0n) is 11.3. The van der Waals surface area contributed by atoms with E-state index in [4.69, 9.17) is 0 Å². The molecule has 0 bridgehead atoms. The standard InChI is InChI=1S/C15H20BrFN2/c1-11(2)9-15(19-7-5-18-6-8-19)12-3-4-14(17)13(16)10-12/h3-4,10,15,18H,1,5-9H2,2H3/t15-/m0/s1. The van der Waals surface area contributed by atoms with Crippen LogP contribution in [0.25, 0.3) is 0 Å². The molecule has 19 heavy (non-hydrogen) atoms. The van der Waals surface area contributed by atoms with Gasteiger partial charge in [-0.05, 0) is 47.0 Å². The zero-order chi connectivity index (χ0) is 13.8. The molecule has 1 N–H and O–H groups in total. The van der Waals surface area contributed by atoms with Crippen molar-refractivity contribution in [3.63, 3.8) is 0 Å². The van der Waals surface area contributed by atoms with Crippen molar-refractivity contribution in [3.05, 3.63) is 46.2 Å². The Morgan fingerprint density at radius 2 is 2.16 bits per heavy atom. The molecule has 0 amide bonds. The number of nitrogens with zero attached hydrogens (tertiary/aromatic N) is 1. The smallest absolute Gasteiger partial charge is 0.137 e. The molecule has 1 heterocycles. The Morgan fingerprint density at radius 3 is 2.74 bits per heavy atom. The molecular formula is C15H20BrFN2. The molecule has 2 rings (SSSR count). The van der Waals surface area contributed by atoms with Crippen molar-refractivity contribution in [1.29, 1.82) is 0 Å². The fraction of sp³-hybridized carbons (Fsp3) is 0.467. The summed E-state index contributed by atoms with van der Waals surface area (Å²) in [5.41, 5.74) is 2.31. The minimum absolute atomic E-state index is 0.210. The number of benzene rings is 1. The fourth-order valence-electron chi connectivity index (χ4n) is 2.50. The molecular weight excluding hydrogens is 307 g/mol. The molecule has 1 saturated heterocycles. The summed E-state index contributed by atoms with van der Waals surface area (Å²) in [5.74, 6) is -0.210. The van der Waals surface area contributed by atoms with Crippen molar-refractivity contribution >= 4 is 15.9 Å². The largest absolute Gasteiger partial charge is 0.314 e. The first-order chi connectivity index (χ1) is 9.08. The summed E-state index contributed by atoms with van der Waals surface area (Å²) in [5, 5.41) is 3.36. The van der Waals surface area contributed by atoms with Crippen molar-refractivity contribution in [2.75, 3.05) is 26.2 Å². The summed E-state index contributed by atoms with van der Waals surface area (Å²) in [6.07, 6.45) is 0.915. The molecule has 0 aliphatic carbocycles. The van der Waals surface area contributed by atoms with E-state index >= 15 is 0 Å². The van der Waals surface area contributed by atoms with Crippen molar-refractivity contribution in [2.24, 2.45) is 0 Å². The van der Waals surface area contributed by atoms with Gasteiger partial charge in [-0.25, -0.2) is 4.39 Å². The molecule has 4 heteroatoms. The summed E-state index contributed by atoms with van der Waals surface area (Å²) < 4.78 is 13.9. The monoisotopic (exact) mass is 326 g/mol. The van der Waals surface area contributed by atoms with E-state index in [1.165, 1.54) is 6.07 Å². The van der Waals surface area contributed by atoms with Crippen LogP contribution in [0.2, 0.25) is 0 Å². The third kappa shape index (κ3) is 3.88. The van der Waals surface area contributed by atoms with Crippen molar-refractivity contribution in [3.8, 4) is 0 Å². The normalized spacial score (nSPS) is 18.3. The van der Waals surface area contributed by atoms with Crippen LogP contribution >= 0.6 is 15.9 Å². The number of nitrogens with one attached hydrogen (secondary N) is 1. The van der Waals surface area contributed by atoms with Gasteiger partial charge in [-0.3, -0.25) is 4.90 Å². The fourth-order valence-corrected chi connectivity index (χ4v) is 2.90. The molecule has 1 aliphatic heterocycles. The first-order valence-corrected chi connectivity index (χ1v) is 7.41. The molecule has 2 nitrogen and oxygen atoms in total. The van der Waals surface area contributed by atoms with Gasteiger partial charge in [0.05, 0.1) is 4.47 Å². The average Bonchev–Trinajstić information content (AvgIpc) is 2.40. The van der Waals surface area contributed by atoms with Crippen molar-refractivity contribution in [2.45, 2.75) is 19.4 Å². The number of halogens is 2. The van der Waals surface area contributed by atoms with E-state index in [0.717, 1.165) is 43.7 Å². The van der Waals surface area contributed by atoms with Gasteiger partial charge in [0.2, 0.25) is 0 Å². The maximum Gasteiger partial charge on any atom is 0.137 e. The van der Waals surface area contributed by atoms with Gasteiger partial charge in [0.25, 0.3) is 0 Å². The van der Waals surface area contributed by atoms with E-state index in [-0.39, 0.29) is 11.9 Å². The molecule has 104 valence electrons. The van der Waals surface area contributed by atoms with Crippen LogP contribution in [0.1, 0.15) is 24.9 Å². The third-order valence-corrected chi connectivity index (χ3v) is 4.07. The molecule has 1 aliphatic rings. The first-order valence-electron chi connectivity index (χ1n) is 6.62. The zero-order valence-corrected chi connectivity index (χ0v) is 12.8. The number of hydrogen-bond donors (Lipinski definition) is 1. The molecule has 0 spiro atoms. The summed E-state index contributed by atoms with van der Waals surface area (Å²) in [6.45, 7) is 10.1. The summed E-state index contributed by atoms with van der Waals surface area (Å²) >= 11 is 3.28. The van der Waals surface area contributed by atoms with E-state index in [1.807, 2.05) is 19.1 Å². The lowest BCUT2D eigenvalue weighted by atomic mass is 9.98. The highest BCUT2D eigenvalue weighted by molar-refractivity contribution is 9.10. The SMILES string of the molecule is C=C(C)C[C@@H](c1ccc(F)c(Br)c1)N1CCNCC1. The highest BCUT2D eigenvalue weighted by atomic mass is 79.9. The molecule has 1 aromatic carbocycles. The lowest BCUT2D eigenvalue weighted by Crippen LogP contribution is -2.45. The highest BCUT2D eigenvalue weighted by Crippen LogP contribution is 2.30. The second-order valence-corrected chi connectivity index (χ2v) is 5.99. The van der Waals surface area contributed by atoms with Gasteiger partial charge in [-0.1, -0.05) is 11.6 Å². The van der Waals surface area contributed by atoms with Crippen LogP contribution in [-0.2, 0) is 0 Å². The van der Waals surface area contributed by atoms with E-state index in [2.05, 4.69) is 32.7 Å². The Balaban J connectivity index is 2.24. The highest BCUT2D eigenvalue weighted by Gasteiger charge is 2.22. The molecule has 0 aromatic heterocycles. The van der Waals surface area contributed by atoms with Crippen LogP contribution < -0.4 is 5.32 Å². The van der Waals surface area contributed by atoms with Gasteiger partial charge in [0, 0.05) is 32.2 Å². The molecule has 1 atom stereocenters. The van der Waals surface area contributed by atoms with E-state index in [0.29, 0.717) is 4.47 Å². The molecule has 0 saturated carbocycles. The summed E-state index contributed by atoms with van der Waals surface area (Å²) in [6, 6.07) is 5.60. The van der Waals surface area contributed by atoms with Gasteiger partial charge < -0.3 is 5.32 Å². The maximum absolute atomic E-state index is 13.4. The van der Waals surface area contributed by atoms with Crippen LogP contribution in [0.15, 0.2) is 34.8 Å². The average molecular weight is 327 g/mol. The second kappa shape index (κ2) is 6.64. The first kappa shape index (κ1) is 14.7. The van der Waals surface area contributed by atoms with Crippen LogP contribution in [0, 0.1) is 5.82 Å². The van der Waals surface area contributed by atoms with Gasteiger partial charge >= 0.3 is 0 Å². The Bertz CT molecular complexity index is 455. The van der Waals surface area contributed by atoms with Crippen LogP contribution in [0.3, 0.4) is 0 Å². The van der Waals surface area contributed by atoms with E-state index in [9.17, 15) is 4.39 Å². The van der Waals surface area contributed by atoms with Gasteiger partial charge in [-0.2, -0.15) is 0 Å². The van der Waals surface area contributed by atoms with Crippen LogP contribution in [0.5, 0.6) is 0 Å². The lowest BCUT2D eigenvalue weighted by Gasteiger charge is -2.35. The summed E-state index contributed by atoms with van der Waals surface area (Å²) in [4.78, 5) is 2.45. The van der Waals surface area contributed by atoms with E-state index in [1.54, 1.807) is 0 Å². The van der Waals surface area contributed by atoms with Crippen LogP contribution in [0.4, 0.5) is 4.39 Å². The summed E-state index contributed by atoms with van der Waals surface area (Å²) in [7, 11) is 0. The molecule has 0 radical (unpaired) electrons. The second-order valence-electron chi connectivity index (χ2n) is 5.14.